The van der Waals surface area contributed by atoms with Crippen molar-refractivity contribution in [1.82, 2.24) is 4.90 Å². The fraction of sp³-hybridized carbons (Fsp3) is 0.941. The number of carbonyl (C=O) groups excluding carboxylic acids is 1. The Morgan fingerprint density at radius 2 is 2.05 bits per heavy atom. The SMILES string of the molecule is CC(=O)CCCCCN1CCC([B]CCCC(C)C)C1. The van der Waals surface area contributed by atoms with Gasteiger partial charge >= 0.3 is 0 Å². The average Bonchev–Trinajstić information content (AvgIpc) is 2.81. The molecule has 1 unspecified atom stereocenters. The fourth-order valence-electron chi connectivity index (χ4n) is 3.02. The molecule has 0 aromatic rings. The predicted octanol–water partition coefficient (Wildman–Crippen LogP) is 4.19. The second-order valence-corrected chi connectivity index (χ2v) is 6.92. The first kappa shape index (κ1) is 17.7. The summed E-state index contributed by atoms with van der Waals surface area (Å²) >= 11 is 0. The lowest BCUT2D eigenvalue weighted by Gasteiger charge is -2.15. The second kappa shape index (κ2) is 10.4. The first-order valence-corrected chi connectivity index (χ1v) is 8.63. The summed E-state index contributed by atoms with van der Waals surface area (Å²) in [5, 5.41) is 0. The van der Waals surface area contributed by atoms with Gasteiger partial charge in [-0.3, -0.25) is 0 Å². The quantitative estimate of drug-likeness (QED) is 0.417. The van der Waals surface area contributed by atoms with Crippen LogP contribution in [0, 0.1) is 5.92 Å². The highest BCUT2D eigenvalue weighted by Crippen LogP contribution is 2.23. The highest BCUT2D eigenvalue weighted by Gasteiger charge is 2.21. The zero-order chi connectivity index (χ0) is 14.8. The number of carbonyl (C=O) groups is 1. The number of unbranched alkanes of at least 4 members (excludes halogenated alkanes) is 2. The maximum atomic E-state index is 10.9. The van der Waals surface area contributed by atoms with Crippen LogP contribution in [0.15, 0.2) is 0 Å². The summed E-state index contributed by atoms with van der Waals surface area (Å²) in [4.78, 5) is 13.5. The van der Waals surface area contributed by atoms with Crippen LogP contribution in [0.1, 0.15) is 65.7 Å². The number of hydrogen-bond donors (Lipinski definition) is 0. The van der Waals surface area contributed by atoms with Crippen LogP contribution >= 0.6 is 0 Å². The van der Waals surface area contributed by atoms with Gasteiger partial charge < -0.3 is 9.69 Å². The number of hydrogen-bond acceptors (Lipinski definition) is 2. The zero-order valence-electron chi connectivity index (χ0n) is 13.9. The van der Waals surface area contributed by atoms with Crippen LogP contribution in [0.2, 0.25) is 12.1 Å². The smallest absolute Gasteiger partial charge is 0.129 e. The molecule has 1 aliphatic heterocycles. The summed E-state index contributed by atoms with van der Waals surface area (Å²) in [7, 11) is 2.57. The lowest BCUT2D eigenvalue weighted by molar-refractivity contribution is -0.117. The van der Waals surface area contributed by atoms with E-state index in [2.05, 4.69) is 26.0 Å². The van der Waals surface area contributed by atoms with E-state index in [-0.39, 0.29) is 0 Å². The van der Waals surface area contributed by atoms with Gasteiger partial charge in [-0.2, -0.15) is 0 Å². The lowest BCUT2D eigenvalue weighted by atomic mass is 9.60. The van der Waals surface area contributed by atoms with Crippen molar-refractivity contribution >= 4 is 13.1 Å². The van der Waals surface area contributed by atoms with Crippen molar-refractivity contribution in [2.45, 2.75) is 77.9 Å². The molecule has 0 N–H and O–H groups in total. The van der Waals surface area contributed by atoms with Crippen LogP contribution in [0.5, 0.6) is 0 Å². The largest absolute Gasteiger partial charge is 0.304 e. The second-order valence-electron chi connectivity index (χ2n) is 6.92. The van der Waals surface area contributed by atoms with E-state index in [1.165, 1.54) is 58.1 Å². The average molecular weight is 278 g/mol. The molecular weight excluding hydrogens is 245 g/mol. The summed E-state index contributed by atoms with van der Waals surface area (Å²) in [6.07, 6.45) is 9.69. The molecule has 0 aromatic carbocycles. The van der Waals surface area contributed by atoms with Crippen LogP contribution < -0.4 is 0 Å². The van der Waals surface area contributed by atoms with Crippen molar-refractivity contribution in [1.29, 1.82) is 0 Å². The molecule has 0 bridgehead atoms. The van der Waals surface area contributed by atoms with Crippen LogP contribution in [0.25, 0.3) is 0 Å². The first-order chi connectivity index (χ1) is 9.58. The number of nitrogens with zero attached hydrogens (tertiary/aromatic N) is 1. The summed E-state index contributed by atoms with van der Waals surface area (Å²) in [6, 6.07) is 0. The molecule has 0 amide bonds. The molecule has 1 saturated heterocycles. The first-order valence-electron chi connectivity index (χ1n) is 8.63. The highest BCUT2D eigenvalue weighted by atomic mass is 16.1. The normalized spacial score (nSPS) is 19.7. The third kappa shape index (κ3) is 8.78. The van der Waals surface area contributed by atoms with E-state index in [9.17, 15) is 4.79 Å². The Balaban J connectivity index is 1.95. The molecule has 0 saturated carbocycles. The van der Waals surface area contributed by atoms with Gasteiger partial charge in [0.15, 0.2) is 0 Å². The predicted molar refractivity (Wildman–Crippen MR) is 88.6 cm³/mol. The summed E-state index contributed by atoms with van der Waals surface area (Å²) in [6.45, 7) is 10.1. The number of Topliss-reactive ketones (excluding diaryl/α,β-unsaturated/α-hetero) is 1. The molecule has 1 rings (SSSR count). The Kier molecular flexibility index (Phi) is 9.25. The van der Waals surface area contributed by atoms with E-state index in [1.54, 1.807) is 6.92 Å². The van der Waals surface area contributed by atoms with Gasteiger partial charge in [0, 0.05) is 6.42 Å². The van der Waals surface area contributed by atoms with Crippen molar-refractivity contribution in [3.8, 4) is 0 Å². The molecule has 0 aliphatic carbocycles. The molecule has 3 heteroatoms. The molecule has 2 nitrogen and oxygen atoms in total. The topological polar surface area (TPSA) is 20.3 Å². The van der Waals surface area contributed by atoms with E-state index in [4.69, 9.17) is 0 Å². The Labute approximate surface area is 126 Å². The minimum absolute atomic E-state index is 0.335. The van der Waals surface area contributed by atoms with E-state index in [0.29, 0.717) is 5.78 Å². The summed E-state index contributed by atoms with van der Waals surface area (Å²) in [5.41, 5.74) is 0. The van der Waals surface area contributed by atoms with Gasteiger partial charge in [0.2, 0.25) is 0 Å². The van der Waals surface area contributed by atoms with E-state index in [0.717, 1.165) is 24.6 Å². The fourth-order valence-corrected chi connectivity index (χ4v) is 3.02. The van der Waals surface area contributed by atoms with Gasteiger partial charge in [-0.1, -0.05) is 45.2 Å². The number of ketones is 1. The molecule has 1 radical (unpaired) electrons. The van der Waals surface area contributed by atoms with Crippen molar-refractivity contribution in [2.75, 3.05) is 19.6 Å². The van der Waals surface area contributed by atoms with Crippen LogP contribution in [-0.4, -0.2) is 37.6 Å². The van der Waals surface area contributed by atoms with Gasteiger partial charge in [0.25, 0.3) is 0 Å². The van der Waals surface area contributed by atoms with Crippen molar-refractivity contribution in [2.24, 2.45) is 5.92 Å². The third-order valence-corrected chi connectivity index (χ3v) is 4.30. The summed E-state index contributed by atoms with van der Waals surface area (Å²) < 4.78 is 0. The van der Waals surface area contributed by atoms with Crippen LogP contribution in [0.4, 0.5) is 0 Å². The van der Waals surface area contributed by atoms with Crippen molar-refractivity contribution < 1.29 is 4.79 Å². The molecule has 1 heterocycles. The standard InChI is InChI=1S/C17H33BNO/c1-15(2)8-7-11-18-17-10-13-19(14-17)12-6-4-5-9-16(3)20/h15,17H,4-14H2,1-3H3. The van der Waals surface area contributed by atoms with Crippen LogP contribution in [-0.2, 0) is 4.79 Å². The highest BCUT2D eigenvalue weighted by molar-refractivity contribution is 6.37. The molecule has 115 valence electrons. The Bertz CT molecular complexity index is 268. The van der Waals surface area contributed by atoms with E-state index < -0.39 is 0 Å². The zero-order valence-corrected chi connectivity index (χ0v) is 13.9. The third-order valence-electron chi connectivity index (χ3n) is 4.30. The Morgan fingerprint density at radius 3 is 2.75 bits per heavy atom. The van der Waals surface area contributed by atoms with Crippen LogP contribution in [0.3, 0.4) is 0 Å². The molecule has 0 aromatic heterocycles. The maximum Gasteiger partial charge on any atom is 0.129 e. The summed E-state index contributed by atoms with van der Waals surface area (Å²) in [5.74, 6) is 2.01. The van der Waals surface area contributed by atoms with Gasteiger partial charge in [-0.15, -0.1) is 0 Å². The van der Waals surface area contributed by atoms with E-state index in [1.807, 2.05) is 0 Å². The number of rotatable bonds is 11. The van der Waals surface area contributed by atoms with Gasteiger partial charge in [-0.25, -0.2) is 0 Å². The van der Waals surface area contributed by atoms with E-state index >= 15 is 0 Å². The minimum atomic E-state index is 0.335. The van der Waals surface area contributed by atoms with Crippen molar-refractivity contribution in [3.05, 3.63) is 0 Å². The Morgan fingerprint density at radius 1 is 1.25 bits per heavy atom. The maximum absolute atomic E-state index is 10.9. The van der Waals surface area contributed by atoms with Gasteiger partial charge in [0.1, 0.15) is 13.1 Å². The molecule has 1 fully saturated rings. The molecule has 0 spiro atoms. The van der Waals surface area contributed by atoms with Gasteiger partial charge in [0.05, 0.1) is 0 Å². The molecule has 1 aliphatic rings. The lowest BCUT2D eigenvalue weighted by Crippen LogP contribution is -2.22. The molecule has 1 atom stereocenters. The monoisotopic (exact) mass is 278 g/mol. The minimum Gasteiger partial charge on any atom is -0.304 e. The number of likely N-dealkylation sites (tertiary alicyclic amines) is 1. The Hall–Kier alpha value is -0.305. The molecular formula is C17H33BNO. The molecule has 20 heavy (non-hydrogen) atoms. The van der Waals surface area contributed by atoms with Gasteiger partial charge in [-0.05, 0) is 51.7 Å². The van der Waals surface area contributed by atoms with Crippen molar-refractivity contribution in [3.63, 3.8) is 0 Å².